The van der Waals surface area contributed by atoms with Gasteiger partial charge < -0.3 is 13.5 Å². The minimum absolute atomic E-state index is 0.00986. The Hall–Kier alpha value is -2.62. The third kappa shape index (κ3) is 6.19. The van der Waals surface area contributed by atoms with Crippen LogP contribution < -0.4 is 9.05 Å². The number of sulfonamides is 1. The van der Waals surface area contributed by atoms with Crippen LogP contribution in [-0.2, 0) is 14.6 Å². The monoisotopic (exact) mass is 501 g/mol. The van der Waals surface area contributed by atoms with Crippen molar-refractivity contribution >= 4 is 46.7 Å². The third-order valence-corrected chi connectivity index (χ3v) is 7.54. The summed E-state index contributed by atoms with van der Waals surface area (Å²) >= 11 is 11.6. The van der Waals surface area contributed by atoms with Crippen molar-refractivity contribution in [2.45, 2.75) is 4.90 Å². The number of rotatable bonds is 8. The van der Waals surface area contributed by atoms with Crippen LogP contribution in [0.1, 0.15) is 0 Å². The van der Waals surface area contributed by atoms with Gasteiger partial charge in [0.05, 0.1) is 4.92 Å². The molecule has 0 spiro atoms. The zero-order valence-corrected chi connectivity index (χ0v) is 18.5. The van der Waals surface area contributed by atoms with Crippen LogP contribution in [-0.4, -0.2) is 13.3 Å². The van der Waals surface area contributed by atoms with Crippen molar-refractivity contribution in [3.63, 3.8) is 0 Å². The number of nitro benzene ring substituents is 1. The molecule has 0 N–H and O–H groups in total. The van der Waals surface area contributed by atoms with E-state index < -0.39 is 27.6 Å². The van der Waals surface area contributed by atoms with Gasteiger partial charge in [0.1, 0.15) is 21.5 Å². The Kier molecular flexibility index (Phi) is 6.88. The Labute approximate surface area is 187 Å². The molecule has 3 rings (SSSR count). The maximum absolute atomic E-state index is 13.3. The summed E-state index contributed by atoms with van der Waals surface area (Å²) in [5.74, 6) is -0.0197. The lowest BCUT2D eigenvalue weighted by Gasteiger charge is -2.31. The highest BCUT2D eigenvalue weighted by Gasteiger charge is 2.24. The summed E-state index contributed by atoms with van der Waals surface area (Å²) in [6.07, 6.45) is 0. The van der Waals surface area contributed by atoms with E-state index in [1.807, 2.05) is 0 Å². The van der Waals surface area contributed by atoms with Crippen molar-refractivity contribution in [3.05, 3.63) is 97.4 Å². The lowest BCUT2D eigenvalue weighted by molar-refractivity contribution is -0.384. The molecule has 0 atom stereocenters. The summed E-state index contributed by atoms with van der Waals surface area (Å²) in [6.45, 7) is 0. The molecule has 0 aliphatic rings. The molecule has 0 aromatic heterocycles. The zero-order valence-electron chi connectivity index (χ0n) is 15.3. The maximum Gasteiger partial charge on any atom is 0.355 e. The van der Waals surface area contributed by atoms with E-state index >= 15 is 0 Å². The third-order valence-electron chi connectivity index (χ3n) is 3.62. The van der Waals surface area contributed by atoms with Gasteiger partial charge in [-0.15, -0.1) is 0 Å². The number of benzene rings is 3. The van der Waals surface area contributed by atoms with Gasteiger partial charge in [-0.25, -0.2) is 8.42 Å². The van der Waals surface area contributed by atoms with Crippen molar-refractivity contribution in [2.75, 3.05) is 0 Å². The molecule has 0 aliphatic carbocycles. The van der Waals surface area contributed by atoms with E-state index in [1.54, 1.807) is 0 Å². The summed E-state index contributed by atoms with van der Waals surface area (Å²) < 4.78 is 52.7. The number of hydrogen-bond donors (Lipinski definition) is 0. The molecule has 13 heteroatoms. The topological polar surface area (TPSA) is 127 Å². The van der Waals surface area contributed by atoms with E-state index in [2.05, 4.69) is 4.49 Å². The van der Waals surface area contributed by atoms with E-state index in [4.69, 9.17) is 32.2 Å². The second-order valence-electron chi connectivity index (χ2n) is 5.87. The van der Waals surface area contributed by atoms with Crippen LogP contribution in [0.5, 0.6) is 11.5 Å². The first-order valence-corrected chi connectivity index (χ1v) is 12.0. The fraction of sp³-hybridized carbons (Fsp3) is 0. The number of halogens is 2. The molecule has 0 unspecified atom stereocenters. The molecule has 0 bridgehead atoms. The lowest BCUT2D eigenvalue weighted by Crippen LogP contribution is -2.07. The van der Waals surface area contributed by atoms with Crippen LogP contribution in [0, 0.1) is 10.1 Å². The van der Waals surface area contributed by atoms with E-state index in [9.17, 15) is 23.1 Å². The molecule has 0 heterocycles. The molecule has 3 aromatic carbocycles. The molecule has 9 nitrogen and oxygen atoms in total. The highest BCUT2D eigenvalue weighted by atomic mass is 35.5. The summed E-state index contributed by atoms with van der Waals surface area (Å²) in [5, 5.41) is 11.5. The molecule has 0 aliphatic heterocycles. The predicted molar refractivity (Wildman–Crippen MR) is 115 cm³/mol. The van der Waals surface area contributed by atoms with E-state index in [0.717, 1.165) is 24.3 Å². The molecule has 3 aromatic rings. The minimum atomic E-state index is -4.69. The SMILES string of the molecule is O=[N+]([O-])c1ccc(S(=O)(=O)[N-]P(=O)(Oc2ccc(Cl)cc2)Oc2ccc(Cl)cc2)cc1. The zero-order chi connectivity index (χ0) is 22.6. The second-order valence-corrected chi connectivity index (χ2v) is 10.1. The van der Waals surface area contributed by atoms with Gasteiger partial charge in [0, 0.05) is 27.1 Å². The Balaban J connectivity index is 1.94. The van der Waals surface area contributed by atoms with Gasteiger partial charge >= 0.3 is 7.75 Å². The van der Waals surface area contributed by atoms with Gasteiger partial charge in [-0.1, -0.05) is 23.2 Å². The summed E-state index contributed by atoms with van der Waals surface area (Å²) in [5.41, 5.74) is -0.322. The minimum Gasteiger partial charge on any atom is -0.429 e. The summed E-state index contributed by atoms with van der Waals surface area (Å²) in [6, 6.07) is 15.1. The normalized spacial score (nSPS) is 11.7. The van der Waals surface area contributed by atoms with Crippen LogP contribution in [0.25, 0.3) is 4.49 Å². The number of nitrogens with zero attached hydrogens (tertiary/aromatic N) is 2. The average molecular weight is 502 g/mol. The van der Waals surface area contributed by atoms with Crippen molar-refractivity contribution in [1.29, 1.82) is 0 Å². The Bertz CT molecular complexity index is 1180. The lowest BCUT2D eigenvalue weighted by atomic mass is 10.3. The van der Waals surface area contributed by atoms with Crippen LogP contribution in [0.3, 0.4) is 0 Å². The standard InChI is InChI=1S/C18H12Cl2N2O7PS/c19-13-1-7-16(8-2-13)28-30(25,29-17-9-3-14(20)4-10-17)21-31(26,27)18-11-5-15(6-12-18)22(23)24/h1-12H/q-1. The number of hydrogen-bond acceptors (Lipinski definition) is 7. The fourth-order valence-electron chi connectivity index (χ4n) is 2.23. The molecule has 0 radical (unpaired) electrons. The maximum atomic E-state index is 13.3. The van der Waals surface area contributed by atoms with Gasteiger partial charge in [0.2, 0.25) is 0 Å². The van der Waals surface area contributed by atoms with Crippen LogP contribution >= 0.6 is 30.9 Å². The Morgan fingerprint density at radius 2 is 1.23 bits per heavy atom. The second kappa shape index (κ2) is 9.25. The van der Waals surface area contributed by atoms with Gasteiger partial charge in [0.25, 0.3) is 5.69 Å². The molecule has 0 saturated heterocycles. The quantitative estimate of drug-likeness (QED) is 0.203. The van der Waals surface area contributed by atoms with Crippen LogP contribution in [0.2, 0.25) is 10.0 Å². The van der Waals surface area contributed by atoms with E-state index in [0.29, 0.717) is 10.0 Å². The van der Waals surface area contributed by atoms with Gasteiger partial charge in [-0.05, 0) is 60.7 Å². The van der Waals surface area contributed by atoms with Crippen molar-refractivity contribution in [1.82, 2.24) is 0 Å². The first-order valence-electron chi connectivity index (χ1n) is 8.31. The first kappa shape index (κ1) is 23.1. The van der Waals surface area contributed by atoms with E-state index in [-0.39, 0.29) is 17.2 Å². The molecule has 0 saturated carbocycles. The van der Waals surface area contributed by atoms with E-state index in [1.165, 1.54) is 48.5 Å². The van der Waals surface area contributed by atoms with Crippen LogP contribution in [0.4, 0.5) is 5.69 Å². The average Bonchev–Trinajstić information content (AvgIpc) is 2.71. The molecular weight excluding hydrogens is 490 g/mol. The summed E-state index contributed by atoms with van der Waals surface area (Å²) in [4.78, 5) is 9.65. The number of non-ortho nitro benzene ring substituents is 1. The molecule has 31 heavy (non-hydrogen) atoms. The van der Waals surface area contributed by atoms with Crippen molar-refractivity contribution in [3.8, 4) is 11.5 Å². The highest BCUT2D eigenvalue weighted by molar-refractivity contribution is 8.01. The number of nitro groups is 1. The van der Waals surface area contributed by atoms with Crippen molar-refractivity contribution < 1.29 is 27.0 Å². The molecule has 0 amide bonds. The molecule has 162 valence electrons. The smallest absolute Gasteiger partial charge is 0.355 e. The molecule has 0 fully saturated rings. The highest BCUT2D eigenvalue weighted by Crippen LogP contribution is 2.56. The largest absolute Gasteiger partial charge is 0.429 e. The van der Waals surface area contributed by atoms with Gasteiger partial charge in [0.15, 0.2) is 0 Å². The fourth-order valence-corrected chi connectivity index (χ4v) is 5.47. The van der Waals surface area contributed by atoms with Gasteiger partial charge in [-0.2, -0.15) is 0 Å². The summed E-state index contributed by atoms with van der Waals surface area (Å²) in [7, 11) is -9.27. The Morgan fingerprint density at radius 3 is 1.61 bits per heavy atom. The van der Waals surface area contributed by atoms with Crippen LogP contribution in [0.15, 0.2) is 77.7 Å². The molecular formula is C18H12Cl2N2O7PS-. The predicted octanol–water partition coefficient (Wildman–Crippen LogP) is 6.23. The Morgan fingerprint density at radius 1 is 0.806 bits per heavy atom. The van der Waals surface area contributed by atoms with Gasteiger partial charge in [-0.3, -0.25) is 14.7 Å². The van der Waals surface area contributed by atoms with Crippen molar-refractivity contribution in [2.24, 2.45) is 0 Å². The first-order chi connectivity index (χ1) is 14.6.